The third-order valence-electron chi connectivity index (χ3n) is 5.01. The number of hydrogen-bond acceptors (Lipinski definition) is 7. The molecule has 2 aromatic heterocycles. The normalized spacial score (nSPS) is 15.0. The number of pyridine rings is 1. The van der Waals surface area contributed by atoms with Crippen molar-refractivity contribution in [1.82, 2.24) is 24.8 Å². The van der Waals surface area contributed by atoms with Crippen molar-refractivity contribution in [3.8, 4) is 0 Å². The zero-order valence-electron chi connectivity index (χ0n) is 17.0. The Hall–Kier alpha value is -3.36. The number of aromatic nitrogens is 3. The van der Waals surface area contributed by atoms with Gasteiger partial charge < -0.3 is 10.2 Å². The van der Waals surface area contributed by atoms with Crippen LogP contribution in [0.1, 0.15) is 0 Å². The first kappa shape index (κ1) is 19.9. The molecule has 8 heteroatoms. The van der Waals surface area contributed by atoms with Crippen molar-refractivity contribution in [2.24, 2.45) is 0 Å². The Morgan fingerprint density at radius 2 is 1.77 bits per heavy atom. The number of carbonyl (C=O) groups excluding carboxylic acids is 1. The van der Waals surface area contributed by atoms with E-state index in [1.165, 1.54) is 0 Å². The highest BCUT2D eigenvalue weighted by atomic mass is 16.2. The number of nitrogens with zero attached hydrogens (tertiary/aromatic N) is 6. The van der Waals surface area contributed by atoms with E-state index >= 15 is 0 Å². The summed E-state index contributed by atoms with van der Waals surface area (Å²) in [5.41, 5.74) is 2.41. The Morgan fingerprint density at radius 1 is 1.00 bits per heavy atom. The summed E-state index contributed by atoms with van der Waals surface area (Å²) in [6.07, 6.45) is 6.89. The van der Waals surface area contributed by atoms with Crippen LogP contribution in [-0.4, -0.2) is 70.4 Å². The van der Waals surface area contributed by atoms with E-state index in [0.717, 1.165) is 43.2 Å². The maximum absolute atomic E-state index is 12.6. The smallest absolute Gasteiger partial charge is 0.238 e. The second-order valence-corrected chi connectivity index (χ2v) is 7.27. The molecule has 8 nitrogen and oxygen atoms in total. The molecular weight excluding hydrogens is 378 g/mol. The molecule has 1 aliphatic heterocycles. The number of anilines is 4. The average molecular weight is 403 g/mol. The summed E-state index contributed by atoms with van der Waals surface area (Å²) < 4.78 is 0. The zero-order valence-corrected chi connectivity index (χ0v) is 17.0. The van der Waals surface area contributed by atoms with E-state index in [-0.39, 0.29) is 5.91 Å². The fourth-order valence-corrected chi connectivity index (χ4v) is 3.41. The van der Waals surface area contributed by atoms with Crippen LogP contribution in [0.25, 0.3) is 0 Å². The minimum atomic E-state index is -0.0133. The molecule has 4 rings (SSSR count). The number of hydrogen-bond donors (Lipinski definition) is 1. The SMILES string of the molecule is CN1CCN(CC(=O)Nc2cccc(N(c3cccnc3)c3ncccn3)c2)CC1. The predicted molar refractivity (Wildman–Crippen MR) is 117 cm³/mol. The quantitative estimate of drug-likeness (QED) is 0.678. The molecule has 0 aliphatic carbocycles. The van der Waals surface area contributed by atoms with E-state index in [9.17, 15) is 4.79 Å². The van der Waals surface area contributed by atoms with Crippen molar-refractivity contribution in [3.63, 3.8) is 0 Å². The average Bonchev–Trinajstić information content (AvgIpc) is 2.77. The second-order valence-electron chi connectivity index (χ2n) is 7.27. The molecule has 3 aromatic rings. The lowest BCUT2D eigenvalue weighted by atomic mass is 10.2. The van der Waals surface area contributed by atoms with Gasteiger partial charge in [0.05, 0.1) is 24.1 Å². The lowest BCUT2D eigenvalue weighted by Crippen LogP contribution is -2.47. The molecule has 0 saturated carbocycles. The zero-order chi connectivity index (χ0) is 20.8. The summed E-state index contributed by atoms with van der Waals surface area (Å²) in [4.78, 5) is 31.9. The monoisotopic (exact) mass is 403 g/mol. The van der Waals surface area contributed by atoms with Gasteiger partial charge in [-0.25, -0.2) is 9.97 Å². The second kappa shape index (κ2) is 9.43. The van der Waals surface area contributed by atoms with E-state index in [4.69, 9.17) is 0 Å². The summed E-state index contributed by atoms with van der Waals surface area (Å²) in [6.45, 7) is 4.18. The first-order valence-corrected chi connectivity index (χ1v) is 9.97. The molecule has 0 spiro atoms. The molecule has 3 heterocycles. The van der Waals surface area contributed by atoms with Gasteiger partial charge in [0.25, 0.3) is 0 Å². The summed E-state index contributed by atoms with van der Waals surface area (Å²) in [5.74, 6) is 0.520. The molecule has 1 aromatic carbocycles. The maximum atomic E-state index is 12.6. The van der Waals surface area contributed by atoms with Crippen molar-refractivity contribution in [2.75, 3.05) is 50.0 Å². The number of likely N-dealkylation sites (N-methyl/N-ethyl adjacent to an activating group) is 1. The predicted octanol–water partition coefficient (Wildman–Crippen LogP) is 2.53. The van der Waals surface area contributed by atoms with E-state index in [2.05, 4.69) is 37.1 Å². The Labute approximate surface area is 176 Å². The molecule has 0 bridgehead atoms. The molecule has 30 heavy (non-hydrogen) atoms. The highest BCUT2D eigenvalue weighted by Crippen LogP contribution is 2.32. The van der Waals surface area contributed by atoms with Gasteiger partial charge in [-0.15, -0.1) is 0 Å². The van der Waals surface area contributed by atoms with Gasteiger partial charge in [0.1, 0.15) is 0 Å². The maximum Gasteiger partial charge on any atom is 0.238 e. The van der Waals surface area contributed by atoms with E-state index < -0.39 is 0 Å². The number of rotatable bonds is 6. The highest BCUT2D eigenvalue weighted by Gasteiger charge is 2.18. The van der Waals surface area contributed by atoms with Gasteiger partial charge in [0.15, 0.2) is 0 Å². The lowest BCUT2D eigenvalue weighted by Gasteiger charge is -2.31. The van der Waals surface area contributed by atoms with E-state index in [1.807, 2.05) is 41.3 Å². The van der Waals surface area contributed by atoms with Crippen molar-refractivity contribution in [2.45, 2.75) is 0 Å². The Kier molecular flexibility index (Phi) is 6.26. The largest absolute Gasteiger partial charge is 0.325 e. The van der Waals surface area contributed by atoms with Gasteiger partial charge in [-0.2, -0.15) is 0 Å². The van der Waals surface area contributed by atoms with Gasteiger partial charge in [0, 0.05) is 50.5 Å². The van der Waals surface area contributed by atoms with Crippen LogP contribution in [0.3, 0.4) is 0 Å². The van der Waals surface area contributed by atoms with Crippen LogP contribution in [0, 0.1) is 0 Å². The molecule has 1 fully saturated rings. The first-order chi connectivity index (χ1) is 14.7. The van der Waals surface area contributed by atoms with Crippen molar-refractivity contribution in [1.29, 1.82) is 0 Å². The van der Waals surface area contributed by atoms with Crippen LogP contribution in [0.4, 0.5) is 23.0 Å². The van der Waals surface area contributed by atoms with Gasteiger partial charge in [-0.1, -0.05) is 6.07 Å². The van der Waals surface area contributed by atoms with Crippen molar-refractivity contribution in [3.05, 3.63) is 67.3 Å². The Morgan fingerprint density at radius 3 is 2.50 bits per heavy atom. The molecule has 1 aliphatic rings. The van der Waals surface area contributed by atoms with E-state index in [1.54, 1.807) is 30.9 Å². The Balaban J connectivity index is 1.53. The summed E-state index contributed by atoms with van der Waals surface area (Å²) in [6, 6.07) is 13.3. The number of benzene rings is 1. The van der Waals surface area contributed by atoms with Gasteiger partial charge in [0.2, 0.25) is 11.9 Å². The van der Waals surface area contributed by atoms with Crippen molar-refractivity contribution < 1.29 is 4.79 Å². The van der Waals surface area contributed by atoms with Crippen LogP contribution >= 0.6 is 0 Å². The molecule has 1 saturated heterocycles. The van der Waals surface area contributed by atoms with Crippen LogP contribution < -0.4 is 10.2 Å². The van der Waals surface area contributed by atoms with Crippen LogP contribution in [0.2, 0.25) is 0 Å². The topological polar surface area (TPSA) is 77.5 Å². The van der Waals surface area contributed by atoms with Gasteiger partial charge in [-0.05, 0) is 43.4 Å². The van der Waals surface area contributed by atoms with Crippen molar-refractivity contribution >= 4 is 28.9 Å². The molecule has 0 atom stereocenters. The van der Waals surface area contributed by atoms with Crippen LogP contribution in [-0.2, 0) is 4.79 Å². The summed E-state index contributed by atoms with van der Waals surface area (Å²) >= 11 is 0. The molecular formula is C22H25N7O. The number of amides is 1. The first-order valence-electron chi connectivity index (χ1n) is 9.97. The standard InChI is InChI=1S/C22H25N7O/c1-27-11-13-28(14-12-27)17-21(30)26-18-5-2-6-19(15-18)29(20-7-3-8-23-16-20)22-24-9-4-10-25-22/h2-10,15-16H,11-14,17H2,1H3,(H,26,30). The molecule has 1 N–H and O–H groups in total. The summed E-state index contributed by atoms with van der Waals surface area (Å²) in [5, 5.41) is 3.02. The van der Waals surface area contributed by atoms with Gasteiger partial charge >= 0.3 is 0 Å². The minimum absolute atomic E-state index is 0.0133. The fourth-order valence-electron chi connectivity index (χ4n) is 3.41. The molecule has 1 amide bonds. The van der Waals surface area contributed by atoms with Gasteiger partial charge in [-0.3, -0.25) is 19.6 Å². The van der Waals surface area contributed by atoms with E-state index in [0.29, 0.717) is 12.5 Å². The fraction of sp³-hybridized carbons (Fsp3) is 0.273. The Bertz CT molecular complexity index is 920. The molecule has 154 valence electrons. The third-order valence-corrected chi connectivity index (χ3v) is 5.01. The number of carbonyl (C=O) groups is 1. The minimum Gasteiger partial charge on any atom is -0.325 e. The number of piperazine rings is 1. The number of nitrogens with one attached hydrogen (secondary N) is 1. The van der Waals surface area contributed by atoms with Crippen LogP contribution in [0.5, 0.6) is 0 Å². The highest BCUT2D eigenvalue weighted by molar-refractivity contribution is 5.93. The molecule has 0 unspecified atom stereocenters. The lowest BCUT2D eigenvalue weighted by molar-refractivity contribution is -0.117. The third kappa shape index (κ3) is 4.97. The molecule has 0 radical (unpaired) electrons. The summed E-state index contributed by atoms with van der Waals surface area (Å²) in [7, 11) is 2.10. The van der Waals surface area contributed by atoms with Crippen LogP contribution in [0.15, 0.2) is 67.3 Å².